The van der Waals surface area contributed by atoms with E-state index in [2.05, 4.69) is 10.3 Å². The van der Waals surface area contributed by atoms with Crippen molar-refractivity contribution in [2.45, 2.75) is 6.54 Å². The van der Waals surface area contributed by atoms with Crippen LogP contribution >= 0.6 is 22.6 Å². The number of halogens is 3. The second kappa shape index (κ2) is 6.75. The van der Waals surface area contributed by atoms with Crippen molar-refractivity contribution in [1.29, 1.82) is 0 Å². The van der Waals surface area contributed by atoms with Crippen LogP contribution in [0.5, 0.6) is 0 Å². The van der Waals surface area contributed by atoms with E-state index in [-0.39, 0.29) is 14.6 Å². The van der Waals surface area contributed by atoms with Gasteiger partial charge in [0.1, 0.15) is 18.2 Å². The van der Waals surface area contributed by atoms with Crippen LogP contribution in [-0.4, -0.2) is 15.5 Å². The highest BCUT2D eigenvalue weighted by Crippen LogP contribution is 2.20. The van der Waals surface area contributed by atoms with Gasteiger partial charge >= 0.3 is 5.69 Å². The second-order valence-corrected chi connectivity index (χ2v) is 6.25. The molecule has 0 spiro atoms. The molecular weight excluding hydrogens is 447 g/mol. The zero-order valence-corrected chi connectivity index (χ0v) is 14.6. The topological polar surface area (TPSA) is 84.0 Å². The number of carbonyl (C=O) groups is 1. The van der Waals surface area contributed by atoms with Crippen molar-refractivity contribution in [3.05, 3.63) is 72.4 Å². The van der Waals surface area contributed by atoms with E-state index in [4.69, 9.17) is 0 Å². The summed E-state index contributed by atoms with van der Waals surface area (Å²) < 4.78 is 27.5. The van der Waals surface area contributed by atoms with Gasteiger partial charge in [0.2, 0.25) is 5.91 Å². The first-order valence-corrected chi connectivity index (χ1v) is 8.11. The van der Waals surface area contributed by atoms with Crippen LogP contribution < -0.4 is 16.6 Å². The fraction of sp³-hybridized carbons (Fsp3) is 0.0625. The lowest BCUT2D eigenvalue weighted by Crippen LogP contribution is -2.38. The third-order valence-corrected chi connectivity index (χ3v) is 4.49. The normalized spacial score (nSPS) is 10.8. The molecule has 0 unspecified atom stereocenters. The number of rotatable bonds is 3. The van der Waals surface area contributed by atoms with E-state index in [0.717, 1.165) is 16.7 Å². The molecule has 3 aromatic rings. The standard InChI is InChI=1S/C16H10F2IN3O3/c17-10-5-8(6-11(18)14(10)19)20-13(23)7-22-15(24)9-3-1-2-4-12(9)21-16(22)25/h1-6H,7H2,(H,20,23)(H,21,25). The van der Waals surface area contributed by atoms with Crippen LogP contribution in [0.3, 0.4) is 0 Å². The molecule has 0 saturated carbocycles. The van der Waals surface area contributed by atoms with Crippen molar-refractivity contribution in [2.24, 2.45) is 0 Å². The molecule has 2 N–H and O–H groups in total. The van der Waals surface area contributed by atoms with Gasteiger partial charge in [0.05, 0.1) is 14.5 Å². The Morgan fingerprint density at radius 3 is 2.48 bits per heavy atom. The number of nitrogens with zero attached hydrogens (tertiary/aromatic N) is 1. The Balaban J connectivity index is 1.90. The summed E-state index contributed by atoms with van der Waals surface area (Å²) in [7, 11) is 0. The molecule has 0 atom stereocenters. The number of H-pyrrole nitrogens is 1. The number of nitrogens with one attached hydrogen (secondary N) is 2. The van der Waals surface area contributed by atoms with Crippen LogP contribution in [0.1, 0.15) is 0 Å². The summed E-state index contributed by atoms with van der Waals surface area (Å²) in [6, 6.07) is 8.29. The molecule has 0 bridgehead atoms. The third-order valence-electron chi connectivity index (χ3n) is 3.46. The maximum atomic E-state index is 13.5. The van der Waals surface area contributed by atoms with Gasteiger partial charge in [-0.05, 0) is 46.9 Å². The van der Waals surface area contributed by atoms with Gasteiger partial charge in [-0.2, -0.15) is 0 Å². The zero-order valence-electron chi connectivity index (χ0n) is 12.5. The highest BCUT2D eigenvalue weighted by molar-refractivity contribution is 14.1. The van der Waals surface area contributed by atoms with E-state index in [1.54, 1.807) is 18.2 Å². The molecule has 3 rings (SSSR count). The second-order valence-electron chi connectivity index (χ2n) is 5.17. The van der Waals surface area contributed by atoms with Crippen molar-refractivity contribution in [3.8, 4) is 0 Å². The van der Waals surface area contributed by atoms with Crippen LogP contribution in [0.4, 0.5) is 14.5 Å². The molecule has 1 amide bonds. The lowest BCUT2D eigenvalue weighted by molar-refractivity contribution is -0.116. The number of hydrogen-bond donors (Lipinski definition) is 2. The Morgan fingerprint density at radius 2 is 1.80 bits per heavy atom. The van der Waals surface area contributed by atoms with Crippen molar-refractivity contribution in [3.63, 3.8) is 0 Å². The quantitative estimate of drug-likeness (QED) is 0.468. The molecular formula is C16H10F2IN3O3. The Morgan fingerprint density at radius 1 is 1.16 bits per heavy atom. The number of aromatic nitrogens is 2. The molecule has 128 valence electrons. The Labute approximate surface area is 152 Å². The number of amides is 1. The summed E-state index contributed by atoms with van der Waals surface area (Å²) in [6.45, 7) is -0.589. The summed E-state index contributed by atoms with van der Waals surface area (Å²) in [5.41, 5.74) is -1.13. The van der Waals surface area contributed by atoms with Crippen LogP contribution in [-0.2, 0) is 11.3 Å². The van der Waals surface area contributed by atoms with Gasteiger partial charge in [-0.15, -0.1) is 0 Å². The Hall–Kier alpha value is -2.56. The van der Waals surface area contributed by atoms with Crippen LogP contribution in [0.25, 0.3) is 10.9 Å². The third kappa shape index (κ3) is 3.45. The lowest BCUT2D eigenvalue weighted by atomic mass is 10.2. The summed E-state index contributed by atoms with van der Waals surface area (Å²) >= 11 is 1.50. The molecule has 1 heterocycles. The van der Waals surface area contributed by atoms with Gasteiger partial charge in [0.25, 0.3) is 5.56 Å². The maximum Gasteiger partial charge on any atom is 0.329 e. The number of benzene rings is 2. The predicted octanol–water partition coefficient (Wildman–Crippen LogP) is 2.21. The van der Waals surface area contributed by atoms with E-state index >= 15 is 0 Å². The molecule has 1 aromatic heterocycles. The monoisotopic (exact) mass is 457 g/mol. The fourth-order valence-electron chi connectivity index (χ4n) is 2.31. The van der Waals surface area contributed by atoms with E-state index in [9.17, 15) is 23.2 Å². The number of carbonyl (C=O) groups excluding carboxylic acids is 1. The molecule has 0 saturated heterocycles. The minimum absolute atomic E-state index is 0.106. The SMILES string of the molecule is O=C(Cn1c(=O)[nH]c2ccccc2c1=O)Nc1cc(F)c(I)c(F)c1. The molecule has 0 aliphatic rings. The smallest absolute Gasteiger partial charge is 0.324 e. The number of hydrogen-bond acceptors (Lipinski definition) is 3. The van der Waals surface area contributed by atoms with Crippen molar-refractivity contribution < 1.29 is 13.6 Å². The van der Waals surface area contributed by atoms with E-state index in [0.29, 0.717) is 5.52 Å². The summed E-state index contributed by atoms with van der Waals surface area (Å²) in [5.74, 6) is -2.41. The minimum atomic E-state index is -0.823. The van der Waals surface area contributed by atoms with Crippen LogP contribution in [0, 0.1) is 15.2 Å². The predicted molar refractivity (Wildman–Crippen MR) is 96.5 cm³/mol. The Bertz CT molecular complexity index is 1080. The fourth-order valence-corrected chi connectivity index (χ4v) is 2.63. The van der Waals surface area contributed by atoms with Gasteiger partial charge in [0.15, 0.2) is 0 Å². The molecule has 2 aromatic carbocycles. The molecule has 0 aliphatic heterocycles. The molecule has 6 nitrogen and oxygen atoms in total. The first-order chi connectivity index (χ1) is 11.9. The number of para-hydroxylation sites is 1. The molecule has 0 fully saturated rings. The van der Waals surface area contributed by atoms with Gasteiger partial charge in [-0.1, -0.05) is 12.1 Å². The average molecular weight is 457 g/mol. The molecule has 25 heavy (non-hydrogen) atoms. The summed E-state index contributed by atoms with van der Waals surface area (Å²) in [4.78, 5) is 38.9. The number of anilines is 1. The molecule has 0 aliphatic carbocycles. The number of aromatic amines is 1. The van der Waals surface area contributed by atoms with Gasteiger partial charge < -0.3 is 10.3 Å². The Kier molecular flexibility index (Phi) is 4.66. The highest BCUT2D eigenvalue weighted by Gasteiger charge is 2.13. The van der Waals surface area contributed by atoms with E-state index in [1.165, 1.54) is 28.7 Å². The first kappa shape index (κ1) is 17.3. The van der Waals surface area contributed by atoms with Crippen LogP contribution in [0.2, 0.25) is 0 Å². The zero-order chi connectivity index (χ0) is 18.1. The minimum Gasteiger partial charge on any atom is -0.324 e. The lowest BCUT2D eigenvalue weighted by Gasteiger charge is -2.09. The van der Waals surface area contributed by atoms with Crippen molar-refractivity contribution in [2.75, 3.05) is 5.32 Å². The summed E-state index contributed by atoms with van der Waals surface area (Å²) in [5, 5.41) is 2.52. The number of fused-ring (bicyclic) bond motifs is 1. The van der Waals surface area contributed by atoms with Gasteiger partial charge in [0, 0.05) is 5.69 Å². The van der Waals surface area contributed by atoms with Crippen LogP contribution in [0.15, 0.2) is 46.0 Å². The maximum absolute atomic E-state index is 13.5. The summed E-state index contributed by atoms with van der Waals surface area (Å²) in [6.07, 6.45) is 0. The van der Waals surface area contributed by atoms with E-state index in [1.807, 2.05) is 0 Å². The van der Waals surface area contributed by atoms with Crippen molar-refractivity contribution in [1.82, 2.24) is 9.55 Å². The van der Waals surface area contributed by atoms with Gasteiger partial charge in [-0.3, -0.25) is 14.2 Å². The molecule has 0 radical (unpaired) electrons. The molecule has 9 heteroatoms. The highest BCUT2D eigenvalue weighted by atomic mass is 127. The first-order valence-electron chi connectivity index (χ1n) is 7.03. The van der Waals surface area contributed by atoms with Gasteiger partial charge in [-0.25, -0.2) is 13.6 Å². The van der Waals surface area contributed by atoms with E-state index < -0.39 is 35.3 Å². The average Bonchev–Trinajstić information content (AvgIpc) is 2.56. The largest absolute Gasteiger partial charge is 0.329 e. The van der Waals surface area contributed by atoms with Crippen molar-refractivity contribution >= 4 is 45.1 Å².